The molecule has 1 atom stereocenters. The molecule has 1 aromatic heterocycles. The van der Waals surface area contributed by atoms with Crippen molar-refractivity contribution >= 4 is 29.3 Å². The summed E-state index contributed by atoms with van der Waals surface area (Å²) in [6, 6.07) is 13.6. The first-order valence-corrected chi connectivity index (χ1v) is 8.24. The number of carbonyl (C=O) groups is 1. The van der Waals surface area contributed by atoms with E-state index in [9.17, 15) is 4.79 Å². The van der Waals surface area contributed by atoms with Gasteiger partial charge in [0.1, 0.15) is 5.37 Å². The fourth-order valence-corrected chi connectivity index (χ4v) is 3.97. The molecule has 0 N–H and O–H groups in total. The van der Waals surface area contributed by atoms with Crippen LogP contribution < -0.4 is 0 Å². The predicted molar refractivity (Wildman–Crippen MR) is 86.3 cm³/mol. The fourth-order valence-electron chi connectivity index (χ4n) is 2.41. The molecule has 0 bridgehead atoms. The maximum atomic E-state index is 12.1. The third kappa shape index (κ3) is 3.22. The lowest BCUT2D eigenvalue weighted by molar-refractivity contribution is -0.128. The van der Waals surface area contributed by atoms with Gasteiger partial charge in [0.05, 0.1) is 5.75 Å². The van der Waals surface area contributed by atoms with Gasteiger partial charge in [-0.2, -0.15) is 0 Å². The average molecular weight is 319 g/mol. The van der Waals surface area contributed by atoms with Crippen LogP contribution in [-0.4, -0.2) is 28.1 Å². The molecule has 2 aromatic rings. The van der Waals surface area contributed by atoms with E-state index in [1.807, 2.05) is 47.4 Å². The number of carbonyl (C=O) groups excluding carboxylic acids is 1. The molecule has 1 saturated heterocycles. The SMILES string of the molecule is O=C1CSC(c2ccccc2Cl)N1CCc1ccccn1. The van der Waals surface area contributed by atoms with Crippen LogP contribution in [0.3, 0.4) is 0 Å². The average Bonchev–Trinajstić information content (AvgIpc) is 2.88. The molecule has 1 aliphatic heterocycles. The van der Waals surface area contributed by atoms with E-state index in [2.05, 4.69) is 4.98 Å². The highest BCUT2D eigenvalue weighted by Gasteiger charge is 2.33. The molecule has 1 aromatic carbocycles. The number of hydrogen-bond donors (Lipinski definition) is 0. The molecule has 21 heavy (non-hydrogen) atoms. The van der Waals surface area contributed by atoms with Crippen molar-refractivity contribution in [2.24, 2.45) is 0 Å². The lowest BCUT2D eigenvalue weighted by Crippen LogP contribution is -2.30. The van der Waals surface area contributed by atoms with Gasteiger partial charge in [-0.15, -0.1) is 11.8 Å². The largest absolute Gasteiger partial charge is 0.325 e. The number of rotatable bonds is 4. The van der Waals surface area contributed by atoms with Crippen LogP contribution in [0.4, 0.5) is 0 Å². The van der Waals surface area contributed by atoms with Crippen LogP contribution in [0.5, 0.6) is 0 Å². The molecule has 0 radical (unpaired) electrons. The van der Waals surface area contributed by atoms with Crippen molar-refractivity contribution in [3.8, 4) is 0 Å². The van der Waals surface area contributed by atoms with Gasteiger partial charge in [-0.3, -0.25) is 9.78 Å². The molecule has 1 unspecified atom stereocenters. The summed E-state index contributed by atoms with van der Waals surface area (Å²) in [4.78, 5) is 18.3. The van der Waals surface area contributed by atoms with Crippen molar-refractivity contribution in [2.75, 3.05) is 12.3 Å². The van der Waals surface area contributed by atoms with Crippen molar-refractivity contribution in [3.05, 3.63) is 64.9 Å². The molecule has 108 valence electrons. The minimum Gasteiger partial charge on any atom is -0.325 e. The van der Waals surface area contributed by atoms with Crippen LogP contribution in [0, 0.1) is 0 Å². The van der Waals surface area contributed by atoms with Crippen LogP contribution in [0.25, 0.3) is 0 Å². The highest BCUT2D eigenvalue weighted by Crippen LogP contribution is 2.41. The Labute approximate surface area is 133 Å². The number of hydrogen-bond acceptors (Lipinski definition) is 3. The molecule has 3 nitrogen and oxygen atoms in total. The number of nitrogens with zero attached hydrogens (tertiary/aromatic N) is 2. The van der Waals surface area contributed by atoms with Gasteiger partial charge < -0.3 is 4.90 Å². The van der Waals surface area contributed by atoms with Gasteiger partial charge in [0.25, 0.3) is 0 Å². The van der Waals surface area contributed by atoms with Gasteiger partial charge in [-0.05, 0) is 18.2 Å². The van der Waals surface area contributed by atoms with E-state index in [0.29, 0.717) is 17.3 Å². The maximum Gasteiger partial charge on any atom is 0.233 e. The first kappa shape index (κ1) is 14.4. The standard InChI is InChI=1S/C16H15ClN2OS/c17-14-7-2-1-6-13(14)16-19(15(20)11-21-16)10-8-12-5-3-4-9-18-12/h1-7,9,16H,8,10-11H2. The van der Waals surface area contributed by atoms with Gasteiger partial charge >= 0.3 is 0 Å². The van der Waals surface area contributed by atoms with E-state index in [1.54, 1.807) is 18.0 Å². The minimum atomic E-state index is 0.00918. The van der Waals surface area contributed by atoms with Crippen molar-refractivity contribution in [3.63, 3.8) is 0 Å². The smallest absolute Gasteiger partial charge is 0.233 e. The lowest BCUT2D eigenvalue weighted by atomic mass is 10.2. The molecule has 1 fully saturated rings. The Hall–Kier alpha value is -1.52. The highest BCUT2D eigenvalue weighted by atomic mass is 35.5. The maximum absolute atomic E-state index is 12.1. The van der Waals surface area contributed by atoms with E-state index < -0.39 is 0 Å². The molecule has 2 heterocycles. The molecule has 3 rings (SSSR count). The molecule has 5 heteroatoms. The summed E-state index contributed by atoms with van der Waals surface area (Å²) in [6.45, 7) is 0.665. The molecule has 1 aliphatic rings. The Balaban J connectivity index is 1.76. The highest BCUT2D eigenvalue weighted by molar-refractivity contribution is 8.00. The Morgan fingerprint density at radius 3 is 2.81 bits per heavy atom. The predicted octanol–water partition coefficient (Wildman–Crippen LogP) is 3.55. The zero-order valence-corrected chi connectivity index (χ0v) is 13.0. The number of thioether (sulfide) groups is 1. The van der Waals surface area contributed by atoms with E-state index in [1.165, 1.54) is 0 Å². The summed E-state index contributed by atoms with van der Waals surface area (Å²) in [5.74, 6) is 0.679. The van der Waals surface area contributed by atoms with E-state index in [4.69, 9.17) is 11.6 Å². The zero-order chi connectivity index (χ0) is 14.7. The number of benzene rings is 1. The van der Waals surface area contributed by atoms with Gasteiger partial charge in [-0.1, -0.05) is 35.9 Å². The van der Waals surface area contributed by atoms with Crippen LogP contribution in [0.2, 0.25) is 5.02 Å². The van der Waals surface area contributed by atoms with Crippen LogP contribution >= 0.6 is 23.4 Å². The second-order valence-electron chi connectivity index (χ2n) is 4.84. The summed E-state index contributed by atoms with van der Waals surface area (Å²) in [5.41, 5.74) is 2.01. The summed E-state index contributed by atoms with van der Waals surface area (Å²) in [6.07, 6.45) is 2.54. The summed E-state index contributed by atoms with van der Waals surface area (Å²) in [5, 5.41) is 0.724. The first-order valence-electron chi connectivity index (χ1n) is 6.81. The zero-order valence-electron chi connectivity index (χ0n) is 11.4. The Morgan fingerprint density at radius 2 is 2.05 bits per heavy atom. The van der Waals surface area contributed by atoms with E-state index in [0.717, 1.165) is 17.7 Å². The summed E-state index contributed by atoms with van der Waals surface area (Å²) >= 11 is 7.90. The van der Waals surface area contributed by atoms with Gasteiger partial charge in [0.2, 0.25) is 5.91 Å². The number of pyridine rings is 1. The van der Waals surface area contributed by atoms with E-state index >= 15 is 0 Å². The summed E-state index contributed by atoms with van der Waals surface area (Å²) in [7, 11) is 0. The molecule has 0 saturated carbocycles. The monoisotopic (exact) mass is 318 g/mol. The second kappa shape index (κ2) is 6.50. The van der Waals surface area contributed by atoms with Crippen LogP contribution in [0.1, 0.15) is 16.6 Å². The Bertz CT molecular complexity index is 635. The number of aromatic nitrogens is 1. The van der Waals surface area contributed by atoms with Gasteiger partial charge in [0, 0.05) is 35.4 Å². The lowest BCUT2D eigenvalue weighted by Gasteiger charge is -2.24. The van der Waals surface area contributed by atoms with Crippen molar-refractivity contribution in [1.29, 1.82) is 0 Å². The molecular weight excluding hydrogens is 304 g/mol. The first-order chi connectivity index (χ1) is 10.3. The Morgan fingerprint density at radius 1 is 1.24 bits per heavy atom. The van der Waals surface area contributed by atoms with Gasteiger partial charge in [-0.25, -0.2) is 0 Å². The van der Waals surface area contributed by atoms with Crippen molar-refractivity contribution < 1.29 is 4.79 Å². The van der Waals surface area contributed by atoms with E-state index in [-0.39, 0.29) is 11.3 Å². The molecular formula is C16H15ClN2OS. The molecule has 0 spiro atoms. The number of amides is 1. The second-order valence-corrected chi connectivity index (χ2v) is 6.32. The van der Waals surface area contributed by atoms with Crippen LogP contribution in [0.15, 0.2) is 48.7 Å². The number of halogens is 1. The Kier molecular flexibility index (Phi) is 4.46. The van der Waals surface area contributed by atoms with Crippen LogP contribution in [-0.2, 0) is 11.2 Å². The minimum absolute atomic E-state index is 0.00918. The topological polar surface area (TPSA) is 33.2 Å². The summed E-state index contributed by atoms with van der Waals surface area (Å²) < 4.78 is 0. The normalized spacial score (nSPS) is 18.2. The van der Waals surface area contributed by atoms with Crippen molar-refractivity contribution in [2.45, 2.75) is 11.8 Å². The third-order valence-corrected chi connectivity index (χ3v) is 5.06. The molecule has 1 amide bonds. The quantitative estimate of drug-likeness (QED) is 0.864. The third-order valence-electron chi connectivity index (χ3n) is 3.47. The molecule has 0 aliphatic carbocycles. The van der Waals surface area contributed by atoms with Gasteiger partial charge in [0.15, 0.2) is 0 Å². The fraction of sp³-hybridized carbons (Fsp3) is 0.250. The van der Waals surface area contributed by atoms with Crippen molar-refractivity contribution in [1.82, 2.24) is 9.88 Å².